The van der Waals surface area contributed by atoms with Crippen LogP contribution in [-0.2, 0) is 0 Å². The zero-order chi connectivity index (χ0) is 21.1. The summed E-state index contributed by atoms with van der Waals surface area (Å²) in [6.45, 7) is 4.21. The highest BCUT2D eigenvalue weighted by molar-refractivity contribution is 5.67. The van der Waals surface area contributed by atoms with Crippen LogP contribution in [0.1, 0.15) is 50.4 Å². The van der Waals surface area contributed by atoms with Crippen LogP contribution in [0.15, 0.2) is 30.6 Å². The van der Waals surface area contributed by atoms with Crippen LogP contribution in [0.3, 0.4) is 0 Å². The Kier molecular flexibility index (Phi) is 5.59. The molecule has 0 unspecified atom stereocenters. The molecule has 0 bridgehead atoms. The average molecular weight is 404 g/mol. The molecule has 0 radical (unpaired) electrons. The summed E-state index contributed by atoms with van der Waals surface area (Å²) < 4.78 is 6.26. The maximum Gasteiger partial charge on any atom is 0.158 e. The van der Waals surface area contributed by atoms with E-state index in [1.807, 2.05) is 24.3 Å². The Morgan fingerprint density at radius 3 is 2.77 bits per heavy atom. The molecule has 3 aromatic heterocycles. The van der Waals surface area contributed by atoms with Gasteiger partial charge in [-0.2, -0.15) is 10.4 Å². The second-order valence-corrected chi connectivity index (χ2v) is 7.74. The van der Waals surface area contributed by atoms with Crippen molar-refractivity contribution in [2.45, 2.75) is 51.2 Å². The van der Waals surface area contributed by atoms with E-state index in [1.165, 1.54) is 12.4 Å². The van der Waals surface area contributed by atoms with Gasteiger partial charge in [-0.05, 0) is 37.3 Å². The first kappa shape index (κ1) is 19.8. The van der Waals surface area contributed by atoms with E-state index in [2.05, 4.69) is 39.3 Å². The summed E-state index contributed by atoms with van der Waals surface area (Å²) in [5.41, 5.74) is 8.72. The Morgan fingerprint density at radius 2 is 2.10 bits per heavy atom. The third-order valence-corrected chi connectivity index (χ3v) is 5.05. The summed E-state index contributed by atoms with van der Waals surface area (Å²) in [6.07, 6.45) is 5.75. The second-order valence-electron chi connectivity index (χ2n) is 7.74. The van der Waals surface area contributed by atoms with Gasteiger partial charge >= 0.3 is 0 Å². The van der Waals surface area contributed by atoms with Crippen LogP contribution in [0, 0.1) is 11.3 Å². The van der Waals surface area contributed by atoms with Crippen molar-refractivity contribution in [3.63, 3.8) is 0 Å². The van der Waals surface area contributed by atoms with Gasteiger partial charge in [-0.15, -0.1) is 0 Å². The summed E-state index contributed by atoms with van der Waals surface area (Å²) >= 11 is 0. The highest BCUT2D eigenvalue weighted by Gasteiger charge is 2.25. The quantitative estimate of drug-likeness (QED) is 0.569. The molecule has 1 aliphatic carbocycles. The van der Waals surface area contributed by atoms with Crippen LogP contribution in [0.25, 0.3) is 11.4 Å². The van der Waals surface area contributed by atoms with E-state index in [9.17, 15) is 0 Å². The second kappa shape index (κ2) is 8.47. The normalized spacial score (nSPS) is 18.4. The predicted molar refractivity (Wildman–Crippen MR) is 112 cm³/mol. The molecule has 0 amide bonds. The zero-order valence-electron chi connectivity index (χ0n) is 17.0. The number of anilines is 2. The topological polar surface area (TPSA) is 138 Å². The molecule has 2 atom stereocenters. The molecule has 3 aromatic rings. The molecule has 3 heterocycles. The maximum absolute atomic E-state index is 8.84. The molecule has 0 saturated heterocycles. The number of nitrogens with two attached hydrogens (primary N) is 1. The van der Waals surface area contributed by atoms with Crippen molar-refractivity contribution in [2.75, 3.05) is 5.32 Å². The lowest BCUT2D eigenvalue weighted by Gasteiger charge is -2.17. The lowest BCUT2D eigenvalue weighted by atomic mass is 10.1. The SMILES string of the molecule is CC(C)c1ccc(O[C@@H]2CC[C@H](N)C2)c(-c2cc(Nc3cnc(C#N)cn3)n[nH]2)n1. The molecule has 30 heavy (non-hydrogen) atoms. The van der Waals surface area contributed by atoms with Crippen molar-refractivity contribution in [1.29, 1.82) is 5.26 Å². The van der Waals surface area contributed by atoms with Crippen molar-refractivity contribution in [3.8, 4) is 23.2 Å². The Balaban J connectivity index is 1.59. The van der Waals surface area contributed by atoms with E-state index >= 15 is 0 Å². The number of H-pyrrole nitrogens is 1. The van der Waals surface area contributed by atoms with Crippen molar-refractivity contribution in [2.24, 2.45) is 5.73 Å². The van der Waals surface area contributed by atoms with Gasteiger partial charge in [0.25, 0.3) is 0 Å². The fourth-order valence-electron chi connectivity index (χ4n) is 3.42. The number of nitrogens with one attached hydrogen (secondary N) is 2. The van der Waals surface area contributed by atoms with E-state index in [4.69, 9.17) is 20.7 Å². The summed E-state index contributed by atoms with van der Waals surface area (Å²) in [7, 11) is 0. The van der Waals surface area contributed by atoms with Crippen LogP contribution >= 0.6 is 0 Å². The van der Waals surface area contributed by atoms with Crippen LogP contribution in [-0.4, -0.2) is 37.3 Å². The van der Waals surface area contributed by atoms with Crippen LogP contribution in [0.2, 0.25) is 0 Å². The first-order valence-electron chi connectivity index (χ1n) is 10.00. The molecule has 1 aliphatic rings. The maximum atomic E-state index is 8.84. The van der Waals surface area contributed by atoms with Crippen LogP contribution in [0.5, 0.6) is 5.75 Å². The fraction of sp³-hybridized carbons (Fsp3) is 0.381. The number of hydrogen-bond acceptors (Lipinski definition) is 8. The summed E-state index contributed by atoms with van der Waals surface area (Å²) in [4.78, 5) is 13.0. The molecule has 1 saturated carbocycles. The number of aromatic nitrogens is 5. The van der Waals surface area contributed by atoms with Gasteiger partial charge in [0.05, 0.1) is 18.1 Å². The summed E-state index contributed by atoms with van der Waals surface area (Å²) in [5, 5.41) is 19.2. The summed E-state index contributed by atoms with van der Waals surface area (Å²) in [5.74, 6) is 2.06. The molecular formula is C21H24N8O. The molecule has 154 valence electrons. The minimum Gasteiger partial charge on any atom is -0.488 e. The first-order valence-corrected chi connectivity index (χ1v) is 10.00. The van der Waals surface area contributed by atoms with Crippen molar-refractivity contribution >= 4 is 11.6 Å². The lowest BCUT2D eigenvalue weighted by molar-refractivity contribution is 0.208. The third-order valence-electron chi connectivity index (χ3n) is 5.05. The molecular weight excluding hydrogens is 380 g/mol. The number of nitrogens with zero attached hydrogens (tertiary/aromatic N) is 5. The van der Waals surface area contributed by atoms with Gasteiger partial charge in [0, 0.05) is 17.8 Å². The lowest BCUT2D eigenvalue weighted by Crippen LogP contribution is -2.19. The molecule has 0 aliphatic heterocycles. The Bertz CT molecular complexity index is 1050. The van der Waals surface area contributed by atoms with Gasteiger partial charge < -0.3 is 15.8 Å². The van der Waals surface area contributed by atoms with E-state index in [-0.39, 0.29) is 23.8 Å². The smallest absolute Gasteiger partial charge is 0.158 e. The van der Waals surface area contributed by atoms with Gasteiger partial charge in [0.2, 0.25) is 0 Å². The van der Waals surface area contributed by atoms with Gasteiger partial charge in [-0.3, -0.25) is 5.10 Å². The van der Waals surface area contributed by atoms with E-state index in [1.54, 1.807) is 0 Å². The fourth-order valence-corrected chi connectivity index (χ4v) is 3.42. The van der Waals surface area contributed by atoms with E-state index in [0.717, 1.165) is 30.7 Å². The highest BCUT2D eigenvalue weighted by Crippen LogP contribution is 2.33. The molecule has 4 N–H and O–H groups in total. The number of nitriles is 1. The number of aromatic amines is 1. The standard InChI is InChI=1S/C21H24N8O/c1-12(2)16-5-6-18(30-15-4-3-13(23)7-15)21(26-16)17-8-19(29-28-17)27-20-11-24-14(9-22)10-25-20/h5-6,8,10-13,15H,3-4,7,23H2,1-2H3,(H2,25,27,28,29)/t13-,15+/m0/s1. The minimum atomic E-state index is 0.0971. The molecule has 9 nitrogen and oxygen atoms in total. The van der Waals surface area contributed by atoms with Gasteiger partial charge in [-0.1, -0.05) is 13.8 Å². The number of hydrogen-bond donors (Lipinski definition) is 3. The van der Waals surface area contributed by atoms with Crippen molar-refractivity contribution in [3.05, 3.63) is 42.0 Å². The molecule has 9 heteroatoms. The molecule has 1 fully saturated rings. The largest absolute Gasteiger partial charge is 0.488 e. The number of rotatable bonds is 6. The first-order chi connectivity index (χ1) is 14.5. The third kappa shape index (κ3) is 4.39. The van der Waals surface area contributed by atoms with Crippen molar-refractivity contribution in [1.82, 2.24) is 25.1 Å². The van der Waals surface area contributed by atoms with Gasteiger partial charge in [0.15, 0.2) is 11.5 Å². The Labute approximate surface area is 174 Å². The molecule has 4 rings (SSSR count). The molecule has 0 spiro atoms. The predicted octanol–water partition coefficient (Wildman–Crippen LogP) is 3.26. The summed E-state index contributed by atoms with van der Waals surface area (Å²) in [6, 6.07) is 7.96. The number of ether oxygens (including phenoxy) is 1. The average Bonchev–Trinajstić information content (AvgIpc) is 3.37. The Morgan fingerprint density at radius 1 is 1.23 bits per heavy atom. The van der Waals surface area contributed by atoms with Crippen LogP contribution in [0.4, 0.5) is 11.6 Å². The van der Waals surface area contributed by atoms with Crippen molar-refractivity contribution < 1.29 is 4.74 Å². The Hall–Kier alpha value is -3.51. The van der Waals surface area contributed by atoms with E-state index in [0.29, 0.717) is 23.1 Å². The zero-order valence-corrected chi connectivity index (χ0v) is 17.0. The minimum absolute atomic E-state index is 0.0971. The molecule has 0 aromatic carbocycles. The van der Waals surface area contributed by atoms with Gasteiger partial charge in [0.1, 0.15) is 29.4 Å². The number of pyridine rings is 1. The van der Waals surface area contributed by atoms with Gasteiger partial charge in [-0.25, -0.2) is 15.0 Å². The highest BCUT2D eigenvalue weighted by atomic mass is 16.5. The monoisotopic (exact) mass is 404 g/mol. The van der Waals surface area contributed by atoms with Crippen LogP contribution < -0.4 is 15.8 Å². The van der Waals surface area contributed by atoms with E-state index < -0.39 is 0 Å².